The highest BCUT2D eigenvalue weighted by molar-refractivity contribution is 6.04. The number of anilines is 1. The van der Waals surface area contributed by atoms with Crippen LogP contribution < -0.4 is 14.8 Å². The Morgan fingerprint density at radius 2 is 1.75 bits per heavy atom. The van der Waals surface area contributed by atoms with Gasteiger partial charge in [0.15, 0.2) is 11.5 Å². The van der Waals surface area contributed by atoms with E-state index in [-0.39, 0.29) is 22.9 Å². The minimum Gasteiger partial charge on any atom is -0.493 e. The van der Waals surface area contributed by atoms with Crippen LogP contribution in [0.4, 0.5) is 5.69 Å². The van der Waals surface area contributed by atoms with Crippen molar-refractivity contribution in [3.63, 3.8) is 0 Å². The monoisotopic (exact) mass is 281 g/mol. The third-order valence-corrected chi connectivity index (χ3v) is 2.69. The Bertz CT molecular complexity index is 531. The molecule has 0 saturated carbocycles. The van der Waals surface area contributed by atoms with Gasteiger partial charge in [0.1, 0.15) is 5.56 Å². The molecule has 1 amide bonds. The molecule has 0 unspecified atom stereocenters. The Morgan fingerprint density at radius 1 is 1.15 bits per heavy atom. The van der Waals surface area contributed by atoms with E-state index in [0.717, 1.165) is 0 Å². The number of carbonyl (C=O) groups is 2. The van der Waals surface area contributed by atoms with Crippen molar-refractivity contribution in [1.29, 1.82) is 0 Å². The molecule has 0 fully saturated rings. The second-order valence-electron chi connectivity index (χ2n) is 5.23. The van der Waals surface area contributed by atoms with E-state index < -0.39 is 11.4 Å². The molecule has 0 aromatic heterocycles. The number of amides is 1. The molecule has 0 heterocycles. The van der Waals surface area contributed by atoms with Gasteiger partial charge in [-0.25, -0.2) is 4.79 Å². The van der Waals surface area contributed by atoms with E-state index in [4.69, 9.17) is 9.47 Å². The highest BCUT2D eigenvalue weighted by atomic mass is 16.5. The lowest BCUT2D eigenvalue weighted by atomic mass is 9.95. The van der Waals surface area contributed by atoms with Crippen LogP contribution in [-0.4, -0.2) is 31.2 Å². The number of hydrogen-bond donors (Lipinski definition) is 2. The van der Waals surface area contributed by atoms with Gasteiger partial charge >= 0.3 is 5.97 Å². The number of benzene rings is 1. The first kappa shape index (κ1) is 15.8. The molecule has 0 aliphatic carbocycles. The molecule has 0 aliphatic rings. The van der Waals surface area contributed by atoms with E-state index >= 15 is 0 Å². The maximum atomic E-state index is 12.0. The molecule has 6 heteroatoms. The molecular weight excluding hydrogens is 262 g/mol. The first-order chi connectivity index (χ1) is 9.22. The van der Waals surface area contributed by atoms with Crippen molar-refractivity contribution in [2.45, 2.75) is 20.8 Å². The maximum Gasteiger partial charge on any atom is 0.341 e. The van der Waals surface area contributed by atoms with Gasteiger partial charge in [-0.3, -0.25) is 4.79 Å². The summed E-state index contributed by atoms with van der Waals surface area (Å²) in [7, 11) is 2.76. The fourth-order valence-corrected chi connectivity index (χ4v) is 1.55. The standard InChI is InChI=1S/C14H19NO5/c1-14(2,3)13(18)15-8-6-7-9(19-4)11(20-5)10(8)12(16)17/h6-7H,1-5H3,(H,15,18)(H,16,17). The summed E-state index contributed by atoms with van der Waals surface area (Å²) in [6, 6.07) is 3.03. The molecule has 20 heavy (non-hydrogen) atoms. The van der Waals surface area contributed by atoms with E-state index in [2.05, 4.69) is 5.32 Å². The summed E-state index contributed by atoms with van der Waals surface area (Å²) >= 11 is 0. The van der Waals surface area contributed by atoms with Crippen molar-refractivity contribution in [2.75, 3.05) is 19.5 Å². The van der Waals surface area contributed by atoms with Crippen molar-refractivity contribution in [2.24, 2.45) is 5.41 Å². The predicted octanol–water partition coefficient (Wildman–Crippen LogP) is 2.39. The van der Waals surface area contributed by atoms with Gasteiger partial charge in [-0.15, -0.1) is 0 Å². The van der Waals surface area contributed by atoms with Gasteiger partial charge in [0.05, 0.1) is 19.9 Å². The molecule has 0 saturated heterocycles. The smallest absolute Gasteiger partial charge is 0.341 e. The lowest BCUT2D eigenvalue weighted by Crippen LogP contribution is -2.28. The van der Waals surface area contributed by atoms with Crippen LogP contribution in [0, 0.1) is 5.41 Å². The molecule has 110 valence electrons. The topological polar surface area (TPSA) is 84.9 Å². The van der Waals surface area contributed by atoms with Crippen molar-refractivity contribution < 1.29 is 24.2 Å². The van der Waals surface area contributed by atoms with Gasteiger partial charge in [0.25, 0.3) is 0 Å². The van der Waals surface area contributed by atoms with Crippen LogP contribution in [0.2, 0.25) is 0 Å². The van der Waals surface area contributed by atoms with Crippen LogP contribution in [0.1, 0.15) is 31.1 Å². The van der Waals surface area contributed by atoms with Crippen LogP contribution in [0.15, 0.2) is 12.1 Å². The fraction of sp³-hybridized carbons (Fsp3) is 0.429. The van der Waals surface area contributed by atoms with E-state index in [1.54, 1.807) is 26.8 Å². The average Bonchev–Trinajstić information content (AvgIpc) is 2.36. The lowest BCUT2D eigenvalue weighted by Gasteiger charge is -2.20. The quantitative estimate of drug-likeness (QED) is 0.885. The van der Waals surface area contributed by atoms with Crippen LogP contribution >= 0.6 is 0 Å². The first-order valence-electron chi connectivity index (χ1n) is 6.02. The van der Waals surface area contributed by atoms with Gasteiger partial charge < -0.3 is 19.9 Å². The summed E-state index contributed by atoms with van der Waals surface area (Å²) in [5.74, 6) is -1.12. The lowest BCUT2D eigenvalue weighted by molar-refractivity contribution is -0.123. The average molecular weight is 281 g/mol. The zero-order valence-electron chi connectivity index (χ0n) is 12.2. The molecule has 6 nitrogen and oxygen atoms in total. The number of hydrogen-bond acceptors (Lipinski definition) is 4. The number of carboxylic acid groups (broad SMARTS) is 1. The summed E-state index contributed by atoms with van der Waals surface area (Å²) in [6.07, 6.45) is 0. The fourth-order valence-electron chi connectivity index (χ4n) is 1.55. The second kappa shape index (κ2) is 5.81. The highest BCUT2D eigenvalue weighted by Crippen LogP contribution is 2.36. The molecule has 0 atom stereocenters. The van der Waals surface area contributed by atoms with Crippen molar-refractivity contribution >= 4 is 17.6 Å². The Kier molecular flexibility index (Phi) is 4.60. The predicted molar refractivity (Wildman–Crippen MR) is 74.6 cm³/mol. The first-order valence-corrected chi connectivity index (χ1v) is 6.02. The second-order valence-corrected chi connectivity index (χ2v) is 5.23. The normalized spacial score (nSPS) is 10.8. The zero-order chi connectivity index (χ0) is 15.5. The Labute approximate surface area is 117 Å². The summed E-state index contributed by atoms with van der Waals surface area (Å²) in [6.45, 7) is 5.22. The number of ether oxygens (including phenoxy) is 2. The highest BCUT2D eigenvalue weighted by Gasteiger charge is 2.26. The Balaban J connectivity index is 3.34. The number of nitrogens with one attached hydrogen (secondary N) is 1. The molecule has 1 aromatic carbocycles. The number of carbonyl (C=O) groups excluding carboxylic acids is 1. The van der Waals surface area contributed by atoms with Crippen LogP contribution in [-0.2, 0) is 4.79 Å². The largest absolute Gasteiger partial charge is 0.493 e. The molecule has 2 N–H and O–H groups in total. The molecule has 0 aliphatic heterocycles. The summed E-state index contributed by atoms with van der Waals surface area (Å²) in [4.78, 5) is 23.4. The summed E-state index contributed by atoms with van der Waals surface area (Å²) < 4.78 is 10.1. The minimum atomic E-state index is -1.20. The molecule has 0 radical (unpaired) electrons. The van der Waals surface area contributed by atoms with Crippen LogP contribution in [0.5, 0.6) is 11.5 Å². The summed E-state index contributed by atoms with van der Waals surface area (Å²) in [5, 5.41) is 11.9. The van der Waals surface area contributed by atoms with Gasteiger partial charge in [-0.05, 0) is 12.1 Å². The van der Waals surface area contributed by atoms with Gasteiger partial charge in [-0.2, -0.15) is 0 Å². The third-order valence-electron chi connectivity index (χ3n) is 2.69. The SMILES string of the molecule is COc1ccc(NC(=O)C(C)(C)C)c(C(=O)O)c1OC. The van der Waals surface area contributed by atoms with E-state index in [9.17, 15) is 14.7 Å². The van der Waals surface area contributed by atoms with E-state index in [1.165, 1.54) is 20.3 Å². The van der Waals surface area contributed by atoms with E-state index in [1.807, 2.05) is 0 Å². The van der Waals surface area contributed by atoms with Gasteiger partial charge in [0, 0.05) is 5.41 Å². The number of carboxylic acids is 1. The number of methoxy groups -OCH3 is 2. The van der Waals surface area contributed by atoms with Crippen molar-refractivity contribution in [1.82, 2.24) is 0 Å². The van der Waals surface area contributed by atoms with Gasteiger partial charge in [-0.1, -0.05) is 20.8 Å². The summed E-state index contributed by atoms with van der Waals surface area (Å²) in [5.41, 5.74) is -0.595. The Hall–Kier alpha value is -2.24. The van der Waals surface area contributed by atoms with Crippen molar-refractivity contribution in [3.05, 3.63) is 17.7 Å². The minimum absolute atomic E-state index is 0.0757. The Morgan fingerprint density at radius 3 is 2.15 bits per heavy atom. The maximum absolute atomic E-state index is 12.0. The number of rotatable bonds is 4. The molecule has 1 aromatic rings. The zero-order valence-corrected chi connectivity index (χ0v) is 12.2. The molecule has 0 spiro atoms. The van der Waals surface area contributed by atoms with Crippen LogP contribution in [0.25, 0.3) is 0 Å². The molecule has 1 rings (SSSR count). The third kappa shape index (κ3) is 3.20. The van der Waals surface area contributed by atoms with Crippen molar-refractivity contribution in [3.8, 4) is 11.5 Å². The molecule has 0 bridgehead atoms. The van der Waals surface area contributed by atoms with Gasteiger partial charge in [0.2, 0.25) is 5.91 Å². The number of aromatic carboxylic acids is 1. The molecular formula is C14H19NO5. The van der Waals surface area contributed by atoms with Crippen LogP contribution in [0.3, 0.4) is 0 Å². The van der Waals surface area contributed by atoms with E-state index in [0.29, 0.717) is 5.75 Å².